The summed E-state index contributed by atoms with van der Waals surface area (Å²) >= 11 is 7.89. The molecule has 2 nitrogen and oxygen atoms in total. The molecule has 0 saturated carbocycles. The molecule has 0 bridgehead atoms. The number of rotatable bonds is 5. The van der Waals surface area contributed by atoms with Crippen LogP contribution in [0.4, 0.5) is 0 Å². The fourth-order valence-electron chi connectivity index (χ4n) is 2.09. The molecule has 4 heteroatoms. The van der Waals surface area contributed by atoms with Crippen LogP contribution in [0.15, 0.2) is 60.8 Å². The highest BCUT2D eigenvalue weighted by Crippen LogP contribution is 2.31. The molecule has 0 aliphatic heterocycles. The van der Waals surface area contributed by atoms with Crippen molar-refractivity contribution in [3.63, 3.8) is 0 Å². The smallest absolute Gasteiger partial charge is 0.107 e. The predicted molar refractivity (Wildman–Crippen MR) is 89.5 cm³/mol. The quantitative estimate of drug-likeness (QED) is 0.735. The summed E-state index contributed by atoms with van der Waals surface area (Å²) in [5, 5.41) is 5.25. The van der Waals surface area contributed by atoms with Gasteiger partial charge in [0.1, 0.15) is 5.01 Å². The van der Waals surface area contributed by atoms with E-state index in [-0.39, 0.29) is 0 Å². The summed E-state index contributed by atoms with van der Waals surface area (Å²) < 4.78 is 0. The lowest BCUT2D eigenvalue weighted by Gasteiger charge is -2.02. The zero-order chi connectivity index (χ0) is 14.5. The van der Waals surface area contributed by atoms with Crippen LogP contribution in [0, 0.1) is 0 Å². The van der Waals surface area contributed by atoms with Gasteiger partial charge in [0.25, 0.3) is 0 Å². The Hall–Kier alpha value is -1.68. The lowest BCUT2D eigenvalue weighted by atomic mass is 10.2. The Labute approximate surface area is 133 Å². The third kappa shape index (κ3) is 3.70. The number of halogens is 1. The van der Waals surface area contributed by atoms with Crippen LogP contribution in [0.2, 0.25) is 5.02 Å². The second-order valence-corrected chi connectivity index (χ2v) is 6.21. The Balaban J connectivity index is 1.62. The molecule has 0 radical (unpaired) electrons. The van der Waals surface area contributed by atoms with E-state index >= 15 is 0 Å². The molecule has 0 amide bonds. The van der Waals surface area contributed by atoms with Gasteiger partial charge < -0.3 is 5.32 Å². The minimum Gasteiger partial charge on any atom is -0.306 e. The third-order valence-corrected chi connectivity index (χ3v) is 4.50. The van der Waals surface area contributed by atoms with Gasteiger partial charge in [0.2, 0.25) is 0 Å². The zero-order valence-electron chi connectivity index (χ0n) is 11.4. The van der Waals surface area contributed by atoms with Gasteiger partial charge in [0, 0.05) is 29.9 Å². The van der Waals surface area contributed by atoms with Crippen LogP contribution in [-0.2, 0) is 13.1 Å². The standard InChI is InChI=1S/C17H15ClN2S/c18-15-9-5-4-8-14(15)16-11-20-17(21-16)12-19-10-13-6-2-1-3-7-13/h1-9,11,19H,10,12H2. The van der Waals surface area contributed by atoms with E-state index in [0.29, 0.717) is 0 Å². The van der Waals surface area contributed by atoms with Crippen molar-refractivity contribution < 1.29 is 0 Å². The van der Waals surface area contributed by atoms with Gasteiger partial charge in [0.05, 0.1) is 4.88 Å². The third-order valence-electron chi connectivity index (χ3n) is 3.14. The number of benzene rings is 2. The Morgan fingerprint density at radius 1 is 0.952 bits per heavy atom. The number of thiazole rings is 1. The van der Waals surface area contributed by atoms with Crippen LogP contribution >= 0.6 is 22.9 Å². The Morgan fingerprint density at radius 2 is 1.71 bits per heavy atom. The average Bonchev–Trinajstić information content (AvgIpc) is 2.97. The van der Waals surface area contributed by atoms with Crippen LogP contribution in [0.25, 0.3) is 10.4 Å². The van der Waals surface area contributed by atoms with Gasteiger partial charge in [0.15, 0.2) is 0 Å². The van der Waals surface area contributed by atoms with Crippen LogP contribution in [0.3, 0.4) is 0 Å². The Morgan fingerprint density at radius 3 is 2.52 bits per heavy atom. The molecule has 3 rings (SSSR count). The molecule has 0 saturated heterocycles. The van der Waals surface area contributed by atoms with E-state index in [1.54, 1.807) is 11.3 Å². The number of aromatic nitrogens is 1. The summed E-state index contributed by atoms with van der Waals surface area (Å²) in [6.45, 7) is 1.62. The first-order chi connectivity index (χ1) is 10.3. The highest BCUT2D eigenvalue weighted by atomic mass is 35.5. The predicted octanol–water partition coefficient (Wildman–Crippen LogP) is 4.75. The monoisotopic (exact) mass is 314 g/mol. The molecule has 1 heterocycles. The molecule has 106 valence electrons. The molecule has 0 atom stereocenters. The van der Waals surface area contributed by atoms with Gasteiger partial charge in [-0.05, 0) is 11.6 Å². The van der Waals surface area contributed by atoms with Gasteiger partial charge in [-0.1, -0.05) is 60.1 Å². The summed E-state index contributed by atoms with van der Waals surface area (Å²) in [7, 11) is 0. The first-order valence-corrected chi connectivity index (χ1v) is 7.96. The lowest BCUT2D eigenvalue weighted by molar-refractivity contribution is 0.690. The molecule has 2 aromatic carbocycles. The normalized spacial score (nSPS) is 10.7. The first kappa shape index (κ1) is 14.3. The van der Waals surface area contributed by atoms with Crippen molar-refractivity contribution in [2.45, 2.75) is 13.1 Å². The molecule has 1 N–H and O–H groups in total. The number of hydrogen-bond donors (Lipinski definition) is 1. The van der Waals surface area contributed by atoms with E-state index in [9.17, 15) is 0 Å². The summed E-state index contributed by atoms with van der Waals surface area (Å²) in [6, 6.07) is 18.2. The molecule has 0 aliphatic rings. The van der Waals surface area contributed by atoms with Gasteiger partial charge >= 0.3 is 0 Å². The molecule has 3 aromatic rings. The van der Waals surface area contributed by atoms with Crippen LogP contribution in [0.1, 0.15) is 10.6 Å². The molecular weight excluding hydrogens is 300 g/mol. The maximum absolute atomic E-state index is 6.22. The molecule has 0 unspecified atom stereocenters. The molecule has 1 aromatic heterocycles. The first-order valence-electron chi connectivity index (χ1n) is 6.77. The van der Waals surface area contributed by atoms with Crippen molar-refractivity contribution in [2.24, 2.45) is 0 Å². The molecular formula is C17H15ClN2S. The number of hydrogen-bond acceptors (Lipinski definition) is 3. The summed E-state index contributed by atoms with van der Waals surface area (Å²) in [5.41, 5.74) is 2.33. The topological polar surface area (TPSA) is 24.9 Å². The second kappa shape index (κ2) is 6.85. The SMILES string of the molecule is Clc1ccccc1-c1cnc(CNCc2ccccc2)s1. The van der Waals surface area contributed by atoms with E-state index in [0.717, 1.165) is 33.6 Å². The largest absolute Gasteiger partial charge is 0.306 e. The second-order valence-electron chi connectivity index (χ2n) is 4.69. The van der Waals surface area contributed by atoms with Crippen LogP contribution in [0.5, 0.6) is 0 Å². The van der Waals surface area contributed by atoms with E-state index < -0.39 is 0 Å². The minimum absolute atomic E-state index is 0.768. The summed E-state index contributed by atoms with van der Waals surface area (Å²) in [6.07, 6.45) is 1.89. The summed E-state index contributed by atoms with van der Waals surface area (Å²) in [5.74, 6) is 0. The van der Waals surface area contributed by atoms with Gasteiger partial charge in [-0.25, -0.2) is 4.98 Å². The zero-order valence-corrected chi connectivity index (χ0v) is 13.0. The van der Waals surface area contributed by atoms with E-state index in [1.807, 2.05) is 36.5 Å². The van der Waals surface area contributed by atoms with Gasteiger partial charge in [-0.15, -0.1) is 11.3 Å². The summed E-state index contributed by atoms with van der Waals surface area (Å²) in [4.78, 5) is 5.57. The van der Waals surface area contributed by atoms with Crippen molar-refractivity contribution in [1.82, 2.24) is 10.3 Å². The molecule has 0 spiro atoms. The van der Waals surface area contributed by atoms with Crippen molar-refractivity contribution in [2.75, 3.05) is 0 Å². The molecule has 0 aliphatic carbocycles. The van der Waals surface area contributed by atoms with E-state index in [4.69, 9.17) is 11.6 Å². The maximum Gasteiger partial charge on any atom is 0.107 e. The van der Waals surface area contributed by atoms with Gasteiger partial charge in [-0.2, -0.15) is 0 Å². The molecule has 0 fully saturated rings. The highest BCUT2D eigenvalue weighted by molar-refractivity contribution is 7.15. The number of nitrogens with one attached hydrogen (secondary N) is 1. The maximum atomic E-state index is 6.22. The average molecular weight is 315 g/mol. The van der Waals surface area contributed by atoms with Crippen LogP contribution in [-0.4, -0.2) is 4.98 Å². The van der Waals surface area contributed by atoms with Crippen molar-refractivity contribution in [3.05, 3.63) is 76.4 Å². The van der Waals surface area contributed by atoms with Gasteiger partial charge in [-0.3, -0.25) is 0 Å². The fourth-order valence-corrected chi connectivity index (χ4v) is 3.31. The number of nitrogens with zero attached hydrogens (tertiary/aromatic N) is 1. The van der Waals surface area contributed by atoms with E-state index in [1.165, 1.54) is 5.56 Å². The van der Waals surface area contributed by atoms with Crippen molar-refractivity contribution >= 4 is 22.9 Å². The highest BCUT2D eigenvalue weighted by Gasteiger charge is 2.07. The Bertz CT molecular complexity index is 710. The lowest BCUT2D eigenvalue weighted by Crippen LogP contribution is -2.12. The fraction of sp³-hybridized carbons (Fsp3) is 0.118. The van der Waals surface area contributed by atoms with E-state index in [2.05, 4.69) is 34.6 Å². The van der Waals surface area contributed by atoms with Crippen molar-refractivity contribution in [3.8, 4) is 10.4 Å². The Kier molecular flexibility index (Phi) is 4.65. The van der Waals surface area contributed by atoms with Crippen molar-refractivity contribution in [1.29, 1.82) is 0 Å². The molecule has 21 heavy (non-hydrogen) atoms. The minimum atomic E-state index is 0.768. The van der Waals surface area contributed by atoms with Crippen LogP contribution < -0.4 is 5.32 Å².